The lowest BCUT2D eigenvalue weighted by atomic mass is 10.2. The van der Waals surface area contributed by atoms with E-state index >= 15 is 0 Å². The van der Waals surface area contributed by atoms with Crippen molar-refractivity contribution in [3.8, 4) is 11.5 Å². The molecule has 136 valence electrons. The molecule has 3 aromatic heterocycles. The average Bonchev–Trinajstić information content (AvgIpc) is 3.36. The Labute approximate surface area is 155 Å². The van der Waals surface area contributed by atoms with Gasteiger partial charge in [-0.3, -0.25) is 9.88 Å². The highest BCUT2D eigenvalue weighted by Crippen LogP contribution is 2.24. The van der Waals surface area contributed by atoms with Crippen LogP contribution in [0.1, 0.15) is 17.2 Å². The van der Waals surface area contributed by atoms with Crippen LogP contribution in [-0.2, 0) is 22.9 Å². The maximum atomic E-state index is 11.9. The fraction of sp³-hybridized carbons (Fsp3) is 0.353. The van der Waals surface area contributed by atoms with E-state index in [4.69, 9.17) is 4.52 Å². The second-order valence-corrected chi connectivity index (χ2v) is 9.53. The average molecular weight is 390 g/mol. The Hall–Kier alpha value is -2.10. The van der Waals surface area contributed by atoms with E-state index in [0.717, 1.165) is 0 Å². The first-order valence-corrected chi connectivity index (χ1v) is 11.0. The zero-order valence-corrected chi connectivity index (χ0v) is 15.6. The van der Waals surface area contributed by atoms with Crippen molar-refractivity contribution in [3.05, 3.63) is 52.7 Å². The Kier molecular flexibility index (Phi) is 4.84. The van der Waals surface area contributed by atoms with Crippen molar-refractivity contribution >= 4 is 21.2 Å². The van der Waals surface area contributed by atoms with Gasteiger partial charge in [0.15, 0.2) is 9.84 Å². The minimum Gasteiger partial charge on any atom is -0.337 e. The summed E-state index contributed by atoms with van der Waals surface area (Å²) < 4.78 is 29.2. The highest BCUT2D eigenvalue weighted by Gasteiger charge is 2.33. The Balaban J connectivity index is 1.54. The summed E-state index contributed by atoms with van der Waals surface area (Å²) in [6, 6.07) is 9.52. The molecule has 4 rings (SSSR count). The van der Waals surface area contributed by atoms with Crippen LogP contribution in [0.5, 0.6) is 0 Å². The van der Waals surface area contributed by atoms with Crippen LogP contribution in [0.2, 0.25) is 0 Å². The second kappa shape index (κ2) is 7.26. The molecule has 0 aliphatic carbocycles. The summed E-state index contributed by atoms with van der Waals surface area (Å²) >= 11 is 1.65. The maximum absolute atomic E-state index is 11.9. The molecule has 1 aliphatic rings. The van der Waals surface area contributed by atoms with E-state index in [0.29, 0.717) is 36.9 Å². The van der Waals surface area contributed by atoms with Gasteiger partial charge in [0, 0.05) is 23.7 Å². The van der Waals surface area contributed by atoms with Crippen molar-refractivity contribution in [2.24, 2.45) is 0 Å². The predicted molar refractivity (Wildman–Crippen MR) is 98.2 cm³/mol. The van der Waals surface area contributed by atoms with E-state index in [2.05, 4.69) is 20.0 Å². The van der Waals surface area contributed by atoms with Crippen LogP contribution in [0.25, 0.3) is 11.5 Å². The summed E-state index contributed by atoms with van der Waals surface area (Å²) in [6.07, 6.45) is 2.31. The summed E-state index contributed by atoms with van der Waals surface area (Å²) in [4.78, 5) is 11.9. The van der Waals surface area contributed by atoms with Gasteiger partial charge in [-0.15, -0.1) is 11.3 Å². The number of thiophene rings is 1. The number of sulfone groups is 1. The number of hydrogen-bond donors (Lipinski definition) is 0. The van der Waals surface area contributed by atoms with E-state index in [1.54, 1.807) is 17.5 Å². The molecule has 0 aromatic carbocycles. The highest BCUT2D eigenvalue weighted by molar-refractivity contribution is 7.91. The van der Waals surface area contributed by atoms with Crippen molar-refractivity contribution in [2.75, 3.05) is 11.5 Å². The van der Waals surface area contributed by atoms with Crippen molar-refractivity contribution in [1.82, 2.24) is 20.0 Å². The molecule has 1 saturated heterocycles. The van der Waals surface area contributed by atoms with E-state index in [9.17, 15) is 8.42 Å². The molecule has 0 radical (unpaired) electrons. The smallest absolute Gasteiger partial charge is 0.241 e. The van der Waals surface area contributed by atoms with Gasteiger partial charge in [0.05, 0.1) is 18.1 Å². The van der Waals surface area contributed by atoms with Gasteiger partial charge in [-0.25, -0.2) is 8.42 Å². The van der Waals surface area contributed by atoms with E-state index in [1.807, 2.05) is 35.7 Å². The third-order valence-corrected chi connectivity index (χ3v) is 6.98. The van der Waals surface area contributed by atoms with Gasteiger partial charge in [0.1, 0.15) is 5.69 Å². The third kappa shape index (κ3) is 4.00. The fourth-order valence-electron chi connectivity index (χ4n) is 3.07. The van der Waals surface area contributed by atoms with Gasteiger partial charge in [-0.1, -0.05) is 17.3 Å². The second-order valence-electron chi connectivity index (χ2n) is 6.27. The first-order valence-electron chi connectivity index (χ1n) is 8.30. The largest absolute Gasteiger partial charge is 0.337 e. The molecule has 0 unspecified atom stereocenters. The SMILES string of the molecule is O=S1(=O)CC[C@H](N(Cc2nc(-c3ccccn3)no2)Cc2cccs2)C1. The Morgan fingerprint density at radius 3 is 2.85 bits per heavy atom. The lowest BCUT2D eigenvalue weighted by Crippen LogP contribution is -2.35. The van der Waals surface area contributed by atoms with Crippen LogP contribution in [0.15, 0.2) is 46.4 Å². The first-order chi connectivity index (χ1) is 12.6. The molecular weight excluding hydrogens is 372 g/mol. The summed E-state index contributed by atoms with van der Waals surface area (Å²) in [6.45, 7) is 1.08. The van der Waals surface area contributed by atoms with Crippen LogP contribution in [0, 0.1) is 0 Å². The number of aromatic nitrogens is 3. The Morgan fingerprint density at radius 2 is 2.15 bits per heavy atom. The number of nitrogens with zero attached hydrogens (tertiary/aromatic N) is 4. The van der Waals surface area contributed by atoms with E-state index in [-0.39, 0.29) is 17.5 Å². The number of hydrogen-bond acceptors (Lipinski definition) is 8. The molecule has 1 fully saturated rings. The summed E-state index contributed by atoms with van der Waals surface area (Å²) in [7, 11) is -2.96. The minimum absolute atomic E-state index is 0.0349. The quantitative estimate of drug-likeness (QED) is 0.638. The van der Waals surface area contributed by atoms with Crippen molar-refractivity contribution < 1.29 is 12.9 Å². The molecular formula is C17H18N4O3S2. The normalized spacial score (nSPS) is 19.2. The molecule has 4 heterocycles. The molecule has 1 atom stereocenters. The van der Waals surface area contributed by atoms with Crippen LogP contribution in [0.3, 0.4) is 0 Å². The van der Waals surface area contributed by atoms with Crippen LogP contribution in [0.4, 0.5) is 0 Å². The van der Waals surface area contributed by atoms with Crippen molar-refractivity contribution in [2.45, 2.75) is 25.6 Å². The first kappa shape index (κ1) is 17.3. The molecule has 1 aliphatic heterocycles. The third-order valence-electron chi connectivity index (χ3n) is 4.36. The Bertz CT molecular complexity index is 955. The maximum Gasteiger partial charge on any atom is 0.241 e. The number of rotatable bonds is 6. The molecule has 0 N–H and O–H groups in total. The minimum atomic E-state index is -2.96. The van der Waals surface area contributed by atoms with Gasteiger partial charge in [-0.2, -0.15) is 4.98 Å². The van der Waals surface area contributed by atoms with Crippen LogP contribution < -0.4 is 0 Å². The van der Waals surface area contributed by atoms with Gasteiger partial charge < -0.3 is 4.52 Å². The molecule has 0 saturated carbocycles. The Morgan fingerprint density at radius 1 is 1.23 bits per heavy atom. The number of pyridine rings is 1. The lowest BCUT2D eigenvalue weighted by Gasteiger charge is -2.25. The summed E-state index contributed by atoms with van der Waals surface area (Å²) in [5, 5.41) is 6.02. The molecule has 3 aromatic rings. The standard InChI is InChI=1S/C17H18N4O3S2/c22-26(23)9-6-13(12-26)21(10-14-4-3-8-25-14)11-16-19-17(20-24-16)15-5-1-2-7-18-15/h1-5,7-8,13H,6,9-12H2/t13-/m0/s1. The predicted octanol–water partition coefficient (Wildman–Crippen LogP) is 2.38. The topological polar surface area (TPSA) is 89.2 Å². The summed E-state index contributed by atoms with van der Waals surface area (Å²) in [5.41, 5.74) is 0.649. The van der Waals surface area contributed by atoms with Gasteiger partial charge in [-0.05, 0) is 30.0 Å². The van der Waals surface area contributed by atoms with E-state index < -0.39 is 9.84 Å². The molecule has 0 spiro atoms. The fourth-order valence-corrected chi connectivity index (χ4v) is 5.56. The lowest BCUT2D eigenvalue weighted by molar-refractivity contribution is 0.170. The van der Waals surface area contributed by atoms with Crippen molar-refractivity contribution in [1.29, 1.82) is 0 Å². The monoisotopic (exact) mass is 390 g/mol. The summed E-state index contributed by atoms with van der Waals surface area (Å²) in [5.74, 6) is 1.32. The van der Waals surface area contributed by atoms with Crippen molar-refractivity contribution in [3.63, 3.8) is 0 Å². The zero-order chi connectivity index (χ0) is 18.0. The van der Waals surface area contributed by atoms with E-state index in [1.165, 1.54) is 4.88 Å². The molecule has 26 heavy (non-hydrogen) atoms. The molecule has 7 nitrogen and oxygen atoms in total. The van der Waals surface area contributed by atoms with Gasteiger partial charge >= 0.3 is 0 Å². The highest BCUT2D eigenvalue weighted by atomic mass is 32.2. The van der Waals surface area contributed by atoms with Crippen LogP contribution in [-0.4, -0.2) is 46.0 Å². The van der Waals surface area contributed by atoms with Gasteiger partial charge in [0.2, 0.25) is 11.7 Å². The van der Waals surface area contributed by atoms with Crippen LogP contribution >= 0.6 is 11.3 Å². The molecule has 0 bridgehead atoms. The van der Waals surface area contributed by atoms with Gasteiger partial charge in [0.25, 0.3) is 0 Å². The molecule has 9 heteroatoms. The molecule has 0 amide bonds. The zero-order valence-electron chi connectivity index (χ0n) is 14.0.